The lowest BCUT2D eigenvalue weighted by Gasteiger charge is -2.36. The van der Waals surface area contributed by atoms with Crippen molar-refractivity contribution < 1.29 is 17.9 Å². The summed E-state index contributed by atoms with van der Waals surface area (Å²) >= 11 is 12.1. The summed E-state index contributed by atoms with van der Waals surface area (Å²) in [5.74, 6) is 0.151. The van der Waals surface area contributed by atoms with E-state index in [1.807, 2.05) is 24.3 Å². The summed E-state index contributed by atoms with van der Waals surface area (Å²) in [7, 11) is -3.85. The molecule has 1 fully saturated rings. The highest BCUT2D eigenvalue weighted by atomic mass is 35.5. The Morgan fingerprint density at radius 1 is 1.10 bits per heavy atom. The largest absolute Gasteiger partial charge is 0.490 e. The Balaban J connectivity index is 1.57. The molecule has 0 radical (unpaired) electrons. The van der Waals surface area contributed by atoms with E-state index in [-0.39, 0.29) is 22.4 Å². The van der Waals surface area contributed by atoms with Crippen molar-refractivity contribution in [2.75, 3.05) is 31.1 Å². The second-order valence-corrected chi connectivity index (χ2v) is 9.83. The number of hydrogen-bond donors (Lipinski definition) is 0. The molecule has 29 heavy (non-hydrogen) atoms. The first-order valence-electron chi connectivity index (χ1n) is 9.36. The molecule has 2 aromatic carbocycles. The molecule has 1 atom stereocenters. The number of para-hydroxylation sites is 2. The first kappa shape index (κ1) is 20.5. The number of carbonyl (C=O) groups is 1. The third-order valence-corrected chi connectivity index (χ3v) is 7.82. The average Bonchev–Trinajstić information content (AvgIpc) is 2.74. The Kier molecular flexibility index (Phi) is 5.75. The van der Waals surface area contributed by atoms with Gasteiger partial charge in [0.15, 0.2) is 0 Å². The topological polar surface area (TPSA) is 66.9 Å². The van der Waals surface area contributed by atoms with Gasteiger partial charge in [-0.25, -0.2) is 8.42 Å². The number of halogens is 2. The van der Waals surface area contributed by atoms with Crippen molar-refractivity contribution in [3.8, 4) is 5.75 Å². The lowest BCUT2D eigenvalue weighted by molar-refractivity contribution is -0.123. The van der Waals surface area contributed by atoms with Crippen molar-refractivity contribution in [2.45, 2.75) is 17.7 Å². The number of benzene rings is 2. The lowest BCUT2D eigenvalue weighted by atomic mass is 9.97. The average molecular weight is 455 g/mol. The molecule has 2 aliphatic rings. The summed E-state index contributed by atoms with van der Waals surface area (Å²) in [6, 6.07) is 11.7. The van der Waals surface area contributed by atoms with Crippen molar-refractivity contribution >= 4 is 44.8 Å². The lowest BCUT2D eigenvalue weighted by Crippen LogP contribution is -2.48. The van der Waals surface area contributed by atoms with Crippen LogP contribution in [0.15, 0.2) is 47.4 Å². The molecule has 0 saturated carbocycles. The molecule has 0 spiro atoms. The van der Waals surface area contributed by atoms with Gasteiger partial charge in [-0.2, -0.15) is 4.31 Å². The van der Waals surface area contributed by atoms with Crippen LogP contribution in [0.3, 0.4) is 0 Å². The van der Waals surface area contributed by atoms with Crippen LogP contribution in [0.4, 0.5) is 5.69 Å². The summed E-state index contributed by atoms with van der Waals surface area (Å²) in [6.45, 7) is 1.31. The van der Waals surface area contributed by atoms with E-state index in [1.54, 1.807) is 11.0 Å². The fourth-order valence-corrected chi connectivity index (χ4v) is 6.06. The van der Waals surface area contributed by atoms with Gasteiger partial charge in [-0.1, -0.05) is 35.3 Å². The Labute approximate surface area is 180 Å². The van der Waals surface area contributed by atoms with Crippen LogP contribution < -0.4 is 9.64 Å². The molecule has 6 nitrogen and oxygen atoms in total. The van der Waals surface area contributed by atoms with E-state index in [9.17, 15) is 13.2 Å². The first-order valence-corrected chi connectivity index (χ1v) is 11.6. The molecule has 154 valence electrons. The zero-order valence-electron chi connectivity index (χ0n) is 15.6. The molecule has 1 saturated heterocycles. The van der Waals surface area contributed by atoms with Crippen LogP contribution in [0.25, 0.3) is 0 Å². The van der Waals surface area contributed by atoms with Crippen molar-refractivity contribution in [3.05, 3.63) is 52.5 Å². The molecule has 0 aromatic heterocycles. The maximum Gasteiger partial charge on any atom is 0.244 e. The third kappa shape index (κ3) is 3.97. The summed E-state index contributed by atoms with van der Waals surface area (Å²) in [5, 5.41) is 0.410. The van der Waals surface area contributed by atoms with Crippen LogP contribution in [0.5, 0.6) is 5.75 Å². The number of nitrogens with zero attached hydrogens (tertiary/aromatic N) is 2. The van der Waals surface area contributed by atoms with Crippen LogP contribution in [0, 0.1) is 5.92 Å². The van der Waals surface area contributed by atoms with Crippen molar-refractivity contribution in [3.63, 3.8) is 0 Å². The Morgan fingerprint density at radius 3 is 2.72 bits per heavy atom. The monoisotopic (exact) mass is 454 g/mol. The summed E-state index contributed by atoms with van der Waals surface area (Å²) in [5.41, 5.74) is 0.724. The molecule has 9 heteroatoms. The van der Waals surface area contributed by atoms with Crippen molar-refractivity contribution in [1.82, 2.24) is 4.31 Å². The van der Waals surface area contributed by atoms with E-state index < -0.39 is 15.9 Å². The van der Waals surface area contributed by atoms with Crippen LogP contribution in [0.2, 0.25) is 10.0 Å². The molecule has 4 rings (SSSR count). The highest BCUT2D eigenvalue weighted by Crippen LogP contribution is 2.34. The van der Waals surface area contributed by atoms with Crippen molar-refractivity contribution in [1.29, 1.82) is 0 Å². The molecule has 2 aromatic rings. The maximum absolute atomic E-state index is 13.2. The highest BCUT2D eigenvalue weighted by Gasteiger charge is 2.37. The molecule has 0 N–H and O–H groups in total. The minimum absolute atomic E-state index is 0.0310. The number of anilines is 1. The number of ether oxygens (including phenoxy) is 1. The standard InChI is InChI=1S/C20H20Cl2N2O4S/c21-15-7-8-16(22)19(12-15)29(26,27)23-9-3-4-14(13-23)20(25)24-10-11-28-18-6-2-1-5-17(18)24/h1-2,5-8,12,14H,3-4,9-11,13H2/t14-/m1/s1. The second-order valence-electron chi connectivity index (χ2n) is 7.08. The quantitative estimate of drug-likeness (QED) is 0.706. The second kappa shape index (κ2) is 8.14. The zero-order chi connectivity index (χ0) is 20.6. The number of sulfonamides is 1. The van der Waals surface area contributed by atoms with Crippen molar-refractivity contribution in [2.24, 2.45) is 5.92 Å². The molecular weight excluding hydrogens is 435 g/mol. The van der Waals surface area contributed by atoms with Gasteiger partial charge >= 0.3 is 0 Å². The number of amides is 1. The van der Waals surface area contributed by atoms with E-state index >= 15 is 0 Å². The fourth-order valence-electron chi connectivity index (χ4n) is 3.80. The van der Waals surface area contributed by atoms with Crippen LogP contribution >= 0.6 is 23.2 Å². The van der Waals surface area contributed by atoms with Gasteiger partial charge in [0.2, 0.25) is 15.9 Å². The molecular formula is C20H20Cl2N2O4S. The summed E-state index contributed by atoms with van der Waals surface area (Å²) < 4.78 is 33.2. The summed E-state index contributed by atoms with van der Waals surface area (Å²) in [4.78, 5) is 14.9. The Morgan fingerprint density at radius 2 is 1.90 bits per heavy atom. The number of carbonyl (C=O) groups excluding carboxylic acids is 1. The van der Waals surface area contributed by atoms with Gasteiger partial charge in [-0.3, -0.25) is 4.79 Å². The van der Waals surface area contributed by atoms with Crippen LogP contribution in [0.1, 0.15) is 12.8 Å². The molecule has 1 amide bonds. The highest BCUT2D eigenvalue weighted by molar-refractivity contribution is 7.89. The van der Waals surface area contributed by atoms with E-state index in [1.165, 1.54) is 16.4 Å². The normalized spacial score (nSPS) is 20.1. The molecule has 0 unspecified atom stereocenters. The number of rotatable bonds is 3. The maximum atomic E-state index is 13.2. The van der Waals surface area contributed by atoms with Gasteiger partial charge in [0.1, 0.15) is 17.3 Å². The molecule has 0 aliphatic carbocycles. The Hall–Kier alpha value is -1.80. The molecule has 2 aliphatic heterocycles. The number of piperidine rings is 1. The van der Waals surface area contributed by atoms with Gasteiger partial charge in [-0.15, -0.1) is 0 Å². The van der Waals surface area contributed by atoms with E-state index in [4.69, 9.17) is 27.9 Å². The van der Waals surface area contributed by atoms with Crippen LogP contribution in [-0.2, 0) is 14.8 Å². The third-order valence-electron chi connectivity index (χ3n) is 5.24. The smallest absolute Gasteiger partial charge is 0.244 e. The zero-order valence-corrected chi connectivity index (χ0v) is 17.9. The molecule has 0 bridgehead atoms. The van der Waals surface area contributed by atoms with Gasteiger partial charge in [0.05, 0.1) is 23.2 Å². The predicted molar refractivity (Wildman–Crippen MR) is 112 cm³/mol. The minimum Gasteiger partial charge on any atom is -0.490 e. The van der Waals surface area contributed by atoms with E-state index in [0.29, 0.717) is 43.3 Å². The van der Waals surface area contributed by atoms with Gasteiger partial charge in [0, 0.05) is 18.1 Å². The Bertz CT molecular complexity index is 1040. The van der Waals surface area contributed by atoms with E-state index in [2.05, 4.69) is 0 Å². The number of fused-ring (bicyclic) bond motifs is 1. The summed E-state index contributed by atoms with van der Waals surface area (Å²) in [6.07, 6.45) is 1.23. The first-order chi connectivity index (χ1) is 13.9. The number of hydrogen-bond acceptors (Lipinski definition) is 4. The fraction of sp³-hybridized carbons (Fsp3) is 0.350. The SMILES string of the molecule is O=C([C@@H]1CCCN(S(=O)(=O)c2cc(Cl)ccc2Cl)C1)N1CCOc2ccccc21. The van der Waals surface area contributed by atoms with Gasteiger partial charge < -0.3 is 9.64 Å². The van der Waals surface area contributed by atoms with E-state index in [0.717, 1.165) is 5.69 Å². The van der Waals surface area contributed by atoms with Gasteiger partial charge in [0.25, 0.3) is 0 Å². The predicted octanol–water partition coefficient (Wildman–Crippen LogP) is 3.82. The van der Waals surface area contributed by atoms with Crippen LogP contribution in [-0.4, -0.2) is 44.9 Å². The molecule has 2 heterocycles. The van der Waals surface area contributed by atoms with Gasteiger partial charge in [-0.05, 0) is 43.2 Å². The minimum atomic E-state index is -3.85.